The molecule has 0 aromatic heterocycles. The van der Waals surface area contributed by atoms with Crippen LogP contribution in [0.1, 0.15) is 19.4 Å². The fourth-order valence-corrected chi connectivity index (χ4v) is 1.60. The van der Waals surface area contributed by atoms with E-state index in [-0.39, 0.29) is 5.91 Å². The minimum atomic E-state index is -0.857. The van der Waals surface area contributed by atoms with Crippen LogP contribution in [0.15, 0.2) is 18.2 Å². The van der Waals surface area contributed by atoms with E-state index in [0.29, 0.717) is 13.0 Å². The predicted octanol–water partition coefficient (Wildman–Crippen LogP) is 1.10. The number of carbonyl (C=O) groups is 1. The lowest BCUT2D eigenvalue weighted by molar-refractivity contribution is -0.125. The van der Waals surface area contributed by atoms with Crippen molar-refractivity contribution in [3.8, 4) is 11.5 Å². The van der Waals surface area contributed by atoms with Crippen molar-refractivity contribution in [2.75, 3.05) is 20.8 Å². The summed E-state index contributed by atoms with van der Waals surface area (Å²) in [6, 6.07) is 5.62. The Bertz CT molecular complexity index is 439. The largest absolute Gasteiger partial charge is 0.497 e. The van der Waals surface area contributed by atoms with Gasteiger partial charge in [-0.3, -0.25) is 4.79 Å². The molecule has 5 nitrogen and oxygen atoms in total. The van der Waals surface area contributed by atoms with Crippen LogP contribution in [0.3, 0.4) is 0 Å². The molecule has 1 rings (SSSR count). The zero-order chi connectivity index (χ0) is 14.5. The minimum Gasteiger partial charge on any atom is -0.497 e. The number of hydrogen-bond donors (Lipinski definition) is 2. The first-order valence-corrected chi connectivity index (χ1v) is 6.16. The Morgan fingerprint density at radius 2 is 2.00 bits per heavy atom. The number of rotatable bonds is 6. The third kappa shape index (κ3) is 4.44. The van der Waals surface area contributed by atoms with Crippen molar-refractivity contribution in [1.29, 1.82) is 0 Å². The van der Waals surface area contributed by atoms with Crippen molar-refractivity contribution in [1.82, 2.24) is 5.32 Å². The van der Waals surface area contributed by atoms with E-state index < -0.39 is 5.54 Å². The van der Waals surface area contributed by atoms with Gasteiger partial charge in [-0.05, 0) is 31.9 Å². The summed E-state index contributed by atoms with van der Waals surface area (Å²) in [6.45, 7) is 3.87. The van der Waals surface area contributed by atoms with E-state index in [4.69, 9.17) is 15.2 Å². The molecule has 5 heteroatoms. The lowest BCUT2D eigenvalue weighted by atomic mass is 10.1. The normalized spacial score (nSPS) is 11.0. The molecule has 0 saturated carbocycles. The fraction of sp³-hybridized carbons (Fsp3) is 0.500. The highest BCUT2D eigenvalue weighted by molar-refractivity contribution is 5.85. The quantitative estimate of drug-likeness (QED) is 0.808. The van der Waals surface area contributed by atoms with Crippen LogP contribution < -0.4 is 20.5 Å². The molecule has 1 aromatic carbocycles. The molecule has 0 aliphatic heterocycles. The smallest absolute Gasteiger partial charge is 0.239 e. The van der Waals surface area contributed by atoms with Crippen LogP contribution in [-0.2, 0) is 11.2 Å². The third-order valence-electron chi connectivity index (χ3n) is 2.76. The van der Waals surface area contributed by atoms with Crippen molar-refractivity contribution in [3.63, 3.8) is 0 Å². The van der Waals surface area contributed by atoms with Crippen molar-refractivity contribution in [2.24, 2.45) is 5.73 Å². The van der Waals surface area contributed by atoms with Gasteiger partial charge in [0.05, 0.1) is 19.8 Å². The number of amides is 1. The summed E-state index contributed by atoms with van der Waals surface area (Å²) in [5, 5.41) is 2.80. The van der Waals surface area contributed by atoms with Crippen molar-refractivity contribution in [2.45, 2.75) is 25.8 Å². The Labute approximate surface area is 114 Å². The van der Waals surface area contributed by atoms with Gasteiger partial charge < -0.3 is 20.5 Å². The van der Waals surface area contributed by atoms with Gasteiger partial charge in [0.1, 0.15) is 11.5 Å². The molecule has 1 aromatic rings. The molecular weight excluding hydrogens is 244 g/mol. The Hall–Kier alpha value is -1.75. The van der Waals surface area contributed by atoms with Gasteiger partial charge in [-0.2, -0.15) is 0 Å². The molecule has 0 aliphatic carbocycles. The average Bonchev–Trinajstić information content (AvgIpc) is 2.37. The van der Waals surface area contributed by atoms with Gasteiger partial charge in [-0.15, -0.1) is 0 Å². The van der Waals surface area contributed by atoms with Crippen molar-refractivity contribution < 1.29 is 14.3 Å². The molecule has 0 saturated heterocycles. The van der Waals surface area contributed by atoms with Crippen LogP contribution in [0.5, 0.6) is 11.5 Å². The number of methoxy groups -OCH3 is 2. The number of carbonyl (C=O) groups excluding carboxylic acids is 1. The number of nitrogens with one attached hydrogen (secondary N) is 1. The maximum Gasteiger partial charge on any atom is 0.239 e. The van der Waals surface area contributed by atoms with Crippen molar-refractivity contribution >= 4 is 5.91 Å². The summed E-state index contributed by atoms with van der Waals surface area (Å²) in [5.41, 5.74) is 5.85. The zero-order valence-electron chi connectivity index (χ0n) is 11.9. The van der Waals surface area contributed by atoms with Crippen LogP contribution in [0.2, 0.25) is 0 Å². The van der Waals surface area contributed by atoms with Gasteiger partial charge in [0.2, 0.25) is 5.91 Å². The van der Waals surface area contributed by atoms with Crippen molar-refractivity contribution in [3.05, 3.63) is 23.8 Å². The maximum atomic E-state index is 11.6. The molecule has 0 heterocycles. The SMILES string of the molecule is COc1ccc(CCNC(=O)C(C)(C)N)c(OC)c1. The summed E-state index contributed by atoms with van der Waals surface area (Å²) < 4.78 is 10.4. The highest BCUT2D eigenvalue weighted by Crippen LogP contribution is 2.24. The Morgan fingerprint density at radius 1 is 1.32 bits per heavy atom. The van der Waals surface area contributed by atoms with Gasteiger partial charge in [0.25, 0.3) is 0 Å². The van der Waals surface area contributed by atoms with Gasteiger partial charge in [-0.25, -0.2) is 0 Å². The summed E-state index contributed by atoms with van der Waals surface area (Å²) in [5.74, 6) is 1.33. The first-order chi connectivity index (χ1) is 8.88. The molecule has 106 valence electrons. The monoisotopic (exact) mass is 266 g/mol. The average molecular weight is 266 g/mol. The lowest BCUT2D eigenvalue weighted by Gasteiger charge is -2.18. The Morgan fingerprint density at radius 3 is 2.53 bits per heavy atom. The molecule has 0 atom stereocenters. The van der Waals surface area contributed by atoms with Gasteiger partial charge in [-0.1, -0.05) is 6.07 Å². The summed E-state index contributed by atoms with van der Waals surface area (Å²) in [6.07, 6.45) is 0.676. The highest BCUT2D eigenvalue weighted by atomic mass is 16.5. The summed E-state index contributed by atoms with van der Waals surface area (Å²) in [4.78, 5) is 11.6. The minimum absolute atomic E-state index is 0.167. The third-order valence-corrected chi connectivity index (χ3v) is 2.76. The molecule has 0 unspecified atom stereocenters. The molecule has 1 amide bonds. The lowest BCUT2D eigenvalue weighted by Crippen LogP contribution is -2.49. The molecule has 3 N–H and O–H groups in total. The van der Waals surface area contributed by atoms with E-state index in [9.17, 15) is 4.79 Å². The second-order valence-corrected chi connectivity index (χ2v) is 4.91. The highest BCUT2D eigenvalue weighted by Gasteiger charge is 2.21. The standard InChI is InChI=1S/C14H22N2O3/c1-14(2,15)13(17)16-8-7-10-5-6-11(18-3)9-12(10)19-4/h5-6,9H,7-8,15H2,1-4H3,(H,16,17). The van der Waals surface area contributed by atoms with E-state index in [0.717, 1.165) is 17.1 Å². The second kappa shape index (κ2) is 6.43. The molecule has 0 aliphatic rings. The summed E-state index contributed by atoms with van der Waals surface area (Å²) >= 11 is 0. The molecule has 0 radical (unpaired) electrons. The molecule has 0 spiro atoms. The summed E-state index contributed by atoms with van der Waals surface area (Å²) in [7, 11) is 3.22. The number of benzene rings is 1. The van der Waals surface area contributed by atoms with E-state index in [2.05, 4.69) is 5.32 Å². The Balaban J connectivity index is 2.61. The molecular formula is C14H22N2O3. The molecule has 0 bridgehead atoms. The zero-order valence-corrected chi connectivity index (χ0v) is 11.9. The van der Waals surface area contributed by atoms with E-state index in [1.165, 1.54) is 0 Å². The molecule has 19 heavy (non-hydrogen) atoms. The van der Waals surface area contributed by atoms with Crippen LogP contribution in [0.4, 0.5) is 0 Å². The number of hydrogen-bond acceptors (Lipinski definition) is 4. The fourth-order valence-electron chi connectivity index (χ4n) is 1.60. The molecule has 0 fully saturated rings. The van der Waals surface area contributed by atoms with Gasteiger partial charge in [0.15, 0.2) is 0 Å². The van der Waals surface area contributed by atoms with Gasteiger partial charge in [0, 0.05) is 12.6 Å². The second-order valence-electron chi connectivity index (χ2n) is 4.91. The topological polar surface area (TPSA) is 73.6 Å². The predicted molar refractivity (Wildman–Crippen MR) is 74.5 cm³/mol. The van der Waals surface area contributed by atoms with Crippen LogP contribution >= 0.6 is 0 Å². The number of nitrogens with two attached hydrogens (primary N) is 1. The number of ether oxygens (including phenoxy) is 2. The maximum absolute atomic E-state index is 11.6. The van der Waals surface area contributed by atoms with E-state index in [1.807, 2.05) is 18.2 Å². The first kappa shape index (κ1) is 15.3. The van der Waals surface area contributed by atoms with Crippen LogP contribution in [-0.4, -0.2) is 32.2 Å². The first-order valence-electron chi connectivity index (χ1n) is 6.16. The van der Waals surface area contributed by atoms with Crippen LogP contribution in [0.25, 0.3) is 0 Å². The van der Waals surface area contributed by atoms with Gasteiger partial charge >= 0.3 is 0 Å². The van der Waals surface area contributed by atoms with E-state index >= 15 is 0 Å². The Kier molecular flexibility index (Phi) is 5.18. The van der Waals surface area contributed by atoms with Crippen LogP contribution in [0, 0.1) is 0 Å². The van der Waals surface area contributed by atoms with E-state index in [1.54, 1.807) is 28.1 Å².